The monoisotopic (exact) mass is 853 g/mol. The predicted molar refractivity (Wildman–Crippen MR) is 266 cm³/mol. The number of phenols is 2. The fourth-order valence-electron chi connectivity index (χ4n) is 11.1. The van der Waals surface area contributed by atoms with Crippen molar-refractivity contribution in [3.8, 4) is 56.4 Å². The van der Waals surface area contributed by atoms with Crippen LogP contribution < -0.4 is 9.47 Å². The summed E-state index contributed by atoms with van der Waals surface area (Å²) in [7, 11) is 0. The van der Waals surface area contributed by atoms with Crippen molar-refractivity contribution >= 4 is 5.57 Å². The maximum atomic E-state index is 12.3. The number of benzene rings is 5. The fraction of sp³-hybridized carbons (Fsp3) is 0.400. The molecule has 5 aromatic rings. The Morgan fingerprint density at radius 2 is 1.03 bits per heavy atom. The summed E-state index contributed by atoms with van der Waals surface area (Å²) in [6.07, 6.45) is 21.8. The van der Waals surface area contributed by atoms with E-state index in [1.807, 2.05) is 36.4 Å². The molecule has 4 nitrogen and oxygen atoms in total. The zero-order valence-electron chi connectivity index (χ0n) is 38.9. The van der Waals surface area contributed by atoms with Gasteiger partial charge in [-0.25, -0.2) is 0 Å². The Balaban J connectivity index is 0.983. The molecule has 0 amide bonds. The number of aryl methyl sites for hydroxylation is 4. The van der Waals surface area contributed by atoms with E-state index in [0.717, 1.165) is 131 Å². The second-order valence-electron chi connectivity index (χ2n) is 20.1. The lowest BCUT2D eigenvalue weighted by Gasteiger charge is -2.29. The molecule has 4 aliphatic rings. The third-order valence-corrected chi connectivity index (χ3v) is 14.4. The maximum Gasteiger partial charge on any atom is 0.131 e. The van der Waals surface area contributed by atoms with Gasteiger partial charge in [0.15, 0.2) is 0 Å². The summed E-state index contributed by atoms with van der Waals surface area (Å²) in [6, 6.07) is 27.3. The van der Waals surface area contributed by atoms with Crippen LogP contribution in [-0.2, 0) is 25.7 Å². The summed E-state index contributed by atoms with van der Waals surface area (Å²) >= 11 is 0. The number of fused-ring (bicyclic) bond motifs is 3. The first kappa shape index (κ1) is 43.8. The third-order valence-electron chi connectivity index (χ3n) is 14.4. The fourth-order valence-corrected chi connectivity index (χ4v) is 11.1. The lowest BCUT2D eigenvalue weighted by Crippen LogP contribution is -2.29. The van der Waals surface area contributed by atoms with Crippen molar-refractivity contribution in [2.45, 2.75) is 137 Å². The minimum Gasteiger partial charge on any atom is -0.507 e. The van der Waals surface area contributed by atoms with Crippen molar-refractivity contribution < 1.29 is 19.7 Å². The van der Waals surface area contributed by atoms with Crippen molar-refractivity contribution in [2.75, 3.05) is 13.2 Å². The summed E-state index contributed by atoms with van der Waals surface area (Å²) in [5, 5.41) is 24.7. The molecule has 0 bridgehead atoms. The topological polar surface area (TPSA) is 58.9 Å². The van der Waals surface area contributed by atoms with Gasteiger partial charge in [0.1, 0.15) is 23.0 Å². The Morgan fingerprint density at radius 3 is 1.66 bits per heavy atom. The first-order chi connectivity index (χ1) is 31.1. The lowest BCUT2D eigenvalue weighted by atomic mass is 9.76. The van der Waals surface area contributed by atoms with Gasteiger partial charge in [-0.15, -0.1) is 0 Å². The molecule has 0 radical (unpaired) electrons. The summed E-state index contributed by atoms with van der Waals surface area (Å²) in [6.45, 7) is 14.1. The first-order valence-electron chi connectivity index (χ1n) is 24.5. The average Bonchev–Trinajstić information content (AvgIpc) is 3.30. The van der Waals surface area contributed by atoms with Crippen molar-refractivity contribution in [3.63, 3.8) is 0 Å². The molecule has 2 N–H and O–H groups in total. The highest BCUT2D eigenvalue weighted by molar-refractivity contribution is 5.91. The highest BCUT2D eigenvalue weighted by Crippen LogP contribution is 2.49. The van der Waals surface area contributed by atoms with Crippen molar-refractivity contribution in [1.82, 2.24) is 0 Å². The number of para-hydroxylation sites is 2. The van der Waals surface area contributed by atoms with E-state index < -0.39 is 0 Å². The van der Waals surface area contributed by atoms with E-state index >= 15 is 0 Å². The van der Waals surface area contributed by atoms with Crippen molar-refractivity contribution in [2.24, 2.45) is 5.41 Å². The standard InChI is InChI=1S/C60H68O4/c1-39-32-50(58(61)52(34-39)56-41(3)20-8-6-7-9-21-42-22-10-13-25-45(42)56)48-28-16-18-30-54(48)63-37-60(4,5)38-64-55-31-19-17-29-49(55)51-33-40(2)35-53(59(51)62)57-46-26-14-11-23-43(46)36-44-24-12-15-27-47(44)57/h16-19,21,28-36,61-62H,3,6-15,20,22-27,37-38H2,1-2,4-5H3/b42-21-,56-45+. The van der Waals surface area contributed by atoms with Crippen LogP contribution >= 0.6 is 0 Å². The minimum atomic E-state index is -0.383. The summed E-state index contributed by atoms with van der Waals surface area (Å²) < 4.78 is 13.5. The predicted octanol–water partition coefficient (Wildman–Crippen LogP) is 15.7. The zero-order chi connectivity index (χ0) is 44.4. The van der Waals surface area contributed by atoms with Crippen LogP contribution in [0.2, 0.25) is 0 Å². The summed E-state index contributed by atoms with van der Waals surface area (Å²) in [4.78, 5) is 0. The van der Waals surface area contributed by atoms with Crippen LogP contribution in [0.5, 0.6) is 23.0 Å². The number of ether oxygens (including phenoxy) is 2. The normalized spacial score (nSPS) is 18.9. The van der Waals surface area contributed by atoms with Gasteiger partial charge in [0, 0.05) is 38.8 Å². The average molecular weight is 853 g/mol. The SMILES string of the molecule is C=C1CCCCC/C=C2/CCCC/C2=C/1c1cc(C)cc(-c2ccccc2OCC(C)(C)COc2ccccc2-c2cc(C)cc(-c3c4c(cc5c3CCCC5)CCCC4)c2O)c1O. The molecule has 4 heteroatoms. The minimum absolute atomic E-state index is 0.293. The van der Waals surface area contributed by atoms with Crippen LogP contribution in [0, 0.1) is 19.3 Å². The van der Waals surface area contributed by atoms with E-state index in [-0.39, 0.29) is 5.41 Å². The smallest absolute Gasteiger partial charge is 0.131 e. The van der Waals surface area contributed by atoms with Gasteiger partial charge in [0.2, 0.25) is 0 Å². The molecule has 64 heavy (non-hydrogen) atoms. The highest BCUT2D eigenvalue weighted by atomic mass is 16.5. The molecule has 5 aromatic carbocycles. The van der Waals surface area contributed by atoms with Crippen LogP contribution in [0.1, 0.15) is 136 Å². The van der Waals surface area contributed by atoms with E-state index in [0.29, 0.717) is 24.7 Å². The summed E-state index contributed by atoms with van der Waals surface area (Å²) in [5.74, 6) is 2.10. The Hall–Kier alpha value is -5.48. The van der Waals surface area contributed by atoms with Crippen LogP contribution in [0.3, 0.4) is 0 Å². The maximum absolute atomic E-state index is 12.3. The van der Waals surface area contributed by atoms with Crippen LogP contribution in [0.4, 0.5) is 0 Å². The van der Waals surface area contributed by atoms with Crippen molar-refractivity contribution in [1.29, 1.82) is 0 Å². The molecule has 4 aliphatic carbocycles. The molecule has 1 fully saturated rings. The number of rotatable bonds is 10. The van der Waals surface area contributed by atoms with E-state index in [9.17, 15) is 10.2 Å². The number of hydrogen-bond donors (Lipinski definition) is 2. The van der Waals surface area contributed by atoms with E-state index in [4.69, 9.17) is 9.47 Å². The second-order valence-corrected chi connectivity index (χ2v) is 20.1. The second kappa shape index (κ2) is 18.9. The Bertz CT molecular complexity index is 2600. The van der Waals surface area contributed by atoms with Gasteiger partial charge in [-0.05, 0) is 214 Å². The molecule has 0 heterocycles. The highest BCUT2D eigenvalue weighted by Gasteiger charge is 2.29. The van der Waals surface area contributed by atoms with E-state index in [2.05, 4.69) is 82.8 Å². The Morgan fingerprint density at radius 1 is 0.531 bits per heavy atom. The molecular formula is C60H68O4. The zero-order valence-corrected chi connectivity index (χ0v) is 38.9. The molecule has 0 unspecified atom stereocenters. The largest absolute Gasteiger partial charge is 0.507 e. The molecule has 332 valence electrons. The summed E-state index contributed by atoms with van der Waals surface area (Å²) in [5.41, 5.74) is 19.3. The van der Waals surface area contributed by atoms with E-state index in [1.54, 1.807) is 0 Å². The van der Waals surface area contributed by atoms with Gasteiger partial charge >= 0.3 is 0 Å². The van der Waals surface area contributed by atoms with Gasteiger partial charge in [0.25, 0.3) is 0 Å². The van der Waals surface area contributed by atoms with Crippen LogP contribution in [-0.4, -0.2) is 23.4 Å². The Kier molecular flexibility index (Phi) is 12.9. The Labute approximate surface area is 382 Å². The third kappa shape index (κ3) is 9.08. The van der Waals surface area contributed by atoms with Gasteiger partial charge in [0.05, 0.1) is 13.2 Å². The van der Waals surface area contributed by atoms with E-state index in [1.165, 1.54) is 83.9 Å². The molecule has 9 rings (SSSR count). The molecule has 0 aromatic heterocycles. The quantitative estimate of drug-likeness (QED) is 0.147. The molecule has 0 aliphatic heterocycles. The van der Waals surface area contributed by atoms with Gasteiger partial charge in [-0.3, -0.25) is 0 Å². The molecule has 0 spiro atoms. The number of phenolic OH excluding ortho intramolecular Hbond substituents is 2. The molecule has 0 atom stereocenters. The van der Waals surface area contributed by atoms with Crippen LogP contribution in [0.15, 0.2) is 108 Å². The lowest BCUT2D eigenvalue weighted by molar-refractivity contribution is 0.111. The van der Waals surface area contributed by atoms with Gasteiger partial charge in [-0.2, -0.15) is 0 Å². The number of aromatic hydroxyl groups is 2. The molecule has 0 saturated heterocycles. The van der Waals surface area contributed by atoms with Crippen LogP contribution in [0.25, 0.3) is 39.0 Å². The van der Waals surface area contributed by atoms with Crippen molar-refractivity contribution in [3.05, 3.63) is 147 Å². The molecular weight excluding hydrogens is 785 g/mol. The number of hydrogen-bond acceptors (Lipinski definition) is 4. The van der Waals surface area contributed by atoms with Gasteiger partial charge < -0.3 is 19.7 Å². The number of allylic oxidation sites excluding steroid dienone is 5. The molecule has 1 saturated carbocycles. The van der Waals surface area contributed by atoms with Gasteiger partial charge in [-0.1, -0.05) is 75.4 Å². The first-order valence-corrected chi connectivity index (χ1v) is 24.5.